The summed E-state index contributed by atoms with van der Waals surface area (Å²) in [5.74, 6) is 0.168. The summed E-state index contributed by atoms with van der Waals surface area (Å²) in [7, 11) is 0. The van der Waals surface area contributed by atoms with Crippen LogP contribution in [0.2, 0.25) is 0 Å². The van der Waals surface area contributed by atoms with Gasteiger partial charge in [0.25, 0.3) is 5.69 Å². The molecule has 2 fully saturated rings. The molecule has 1 spiro atoms. The van der Waals surface area contributed by atoms with E-state index in [2.05, 4.69) is 5.32 Å². The van der Waals surface area contributed by atoms with Crippen LogP contribution < -0.4 is 5.32 Å². The minimum atomic E-state index is -0.439. The van der Waals surface area contributed by atoms with Crippen LogP contribution in [0.3, 0.4) is 0 Å². The summed E-state index contributed by atoms with van der Waals surface area (Å²) >= 11 is 0. The first-order valence-electron chi connectivity index (χ1n) is 8.58. The highest BCUT2D eigenvalue weighted by Crippen LogP contribution is 2.35. The average Bonchev–Trinajstić information content (AvgIpc) is 2.85. The molecule has 1 N–H and O–H groups in total. The van der Waals surface area contributed by atoms with E-state index in [-0.39, 0.29) is 22.7 Å². The molecule has 6 heteroatoms. The Kier molecular flexibility index (Phi) is 4.66. The Morgan fingerprint density at radius 3 is 2.71 bits per heavy atom. The highest BCUT2D eigenvalue weighted by Gasteiger charge is 2.49. The topological polar surface area (TPSA) is 75.5 Å². The number of amides is 1. The van der Waals surface area contributed by atoms with Crippen LogP contribution in [0.25, 0.3) is 6.08 Å². The minimum absolute atomic E-state index is 0.0773. The van der Waals surface area contributed by atoms with Gasteiger partial charge in [-0.25, -0.2) is 0 Å². The number of hydrogen-bond donors (Lipinski definition) is 1. The van der Waals surface area contributed by atoms with E-state index in [4.69, 9.17) is 0 Å². The van der Waals surface area contributed by atoms with E-state index in [1.165, 1.54) is 12.5 Å². The number of nitro benzene ring substituents is 1. The molecule has 128 valence electrons. The molecular weight excluding hydrogens is 306 g/mol. The summed E-state index contributed by atoms with van der Waals surface area (Å²) < 4.78 is 0. The van der Waals surface area contributed by atoms with Crippen LogP contribution in [0.5, 0.6) is 0 Å². The summed E-state index contributed by atoms with van der Waals surface area (Å²) in [5, 5.41) is 14.6. The maximum absolute atomic E-state index is 12.8. The number of rotatable bonds is 4. The van der Waals surface area contributed by atoms with Gasteiger partial charge >= 0.3 is 0 Å². The number of para-hydroxylation sites is 1. The van der Waals surface area contributed by atoms with E-state index in [1.54, 1.807) is 24.3 Å². The lowest BCUT2D eigenvalue weighted by Gasteiger charge is -2.31. The van der Waals surface area contributed by atoms with Gasteiger partial charge in [-0.05, 0) is 38.0 Å². The molecule has 1 aromatic carbocycles. The fraction of sp³-hybridized carbons (Fsp3) is 0.500. The lowest BCUT2D eigenvalue weighted by Crippen LogP contribution is -2.48. The molecule has 24 heavy (non-hydrogen) atoms. The zero-order chi connectivity index (χ0) is 17.2. The zero-order valence-electron chi connectivity index (χ0n) is 13.9. The summed E-state index contributed by atoms with van der Waals surface area (Å²) in [5.41, 5.74) is 0.192. The first-order valence-corrected chi connectivity index (χ1v) is 8.58. The van der Waals surface area contributed by atoms with Gasteiger partial charge in [0.05, 0.1) is 16.0 Å². The number of hydrogen-bond acceptors (Lipinski definition) is 4. The van der Waals surface area contributed by atoms with Crippen LogP contribution in [0.1, 0.15) is 44.6 Å². The lowest BCUT2D eigenvalue weighted by atomic mass is 9.82. The number of benzene rings is 1. The largest absolute Gasteiger partial charge is 0.322 e. The first-order chi connectivity index (χ1) is 11.6. The third kappa shape index (κ3) is 2.94. The molecule has 1 atom stereocenters. The molecule has 1 heterocycles. The van der Waals surface area contributed by atoms with Gasteiger partial charge in [-0.1, -0.05) is 31.4 Å². The van der Waals surface area contributed by atoms with Gasteiger partial charge in [-0.2, -0.15) is 0 Å². The van der Waals surface area contributed by atoms with Crippen molar-refractivity contribution in [2.24, 2.45) is 0 Å². The number of nitro groups is 1. The Labute approximate surface area is 141 Å². The molecule has 1 aromatic rings. The van der Waals surface area contributed by atoms with Crippen molar-refractivity contribution in [2.45, 2.75) is 50.7 Å². The molecule has 0 aromatic heterocycles. The smallest absolute Gasteiger partial charge is 0.276 e. The van der Waals surface area contributed by atoms with E-state index in [1.807, 2.05) is 17.9 Å². The van der Waals surface area contributed by atoms with E-state index in [0.717, 1.165) is 25.7 Å². The molecule has 1 aliphatic heterocycles. The number of nitrogens with zero attached hydrogens (tertiary/aromatic N) is 2. The Morgan fingerprint density at radius 2 is 2.04 bits per heavy atom. The number of carbonyl (C=O) groups is 1. The second kappa shape index (κ2) is 6.73. The molecule has 1 unspecified atom stereocenters. The Balaban J connectivity index is 1.84. The molecule has 1 saturated carbocycles. The molecule has 3 rings (SSSR count). The Morgan fingerprint density at radius 1 is 1.33 bits per heavy atom. The van der Waals surface area contributed by atoms with Crippen LogP contribution in [0.4, 0.5) is 5.69 Å². The third-order valence-corrected chi connectivity index (χ3v) is 5.07. The van der Waals surface area contributed by atoms with E-state index < -0.39 is 5.54 Å². The highest BCUT2D eigenvalue weighted by atomic mass is 16.6. The average molecular weight is 329 g/mol. The quantitative estimate of drug-likeness (QED) is 0.680. The van der Waals surface area contributed by atoms with Crippen molar-refractivity contribution in [3.8, 4) is 0 Å². The van der Waals surface area contributed by atoms with Crippen molar-refractivity contribution in [2.75, 3.05) is 6.54 Å². The SMILES string of the molecule is CCN1C(=O)C2(CCCCC2)NC1/C=C/c1ccccc1[N+](=O)[O-]. The van der Waals surface area contributed by atoms with Gasteiger partial charge in [0.1, 0.15) is 6.17 Å². The van der Waals surface area contributed by atoms with Gasteiger partial charge in [0, 0.05) is 12.6 Å². The summed E-state index contributed by atoms with van der Waals surface area (Å²) in [6, 6.07) is 6.65. The van der Waals surface area contributed by atoms with Crippen LogP contribution in [0.15, 0.2) is 30.3 Å². The molecule has 0 bridgehead atoms. The number of nitrogens with one attached hydrogen (secondary N) is 1. The van der Waals surface area contributed by atoms with Crippen molar-refractivity contribution < 1.29 is 9.72 Å². The van der Waals surface area contributed by atoms with Gasteiger partial charge in [0.15, 0.2) is 0 Å². The molecule has 1 amide bonds. The van der Waals surface area contributed by atoms with Gasteiger partial charge in [0.2, 0.25) is 5.91 Å². The normalized spacial score (nSPS) is 23.3. The van der Waals surface area contributed by atoms with Crippen molar-refractivity contribution in [1.82, 2.24) is 10.2 Å². The predicted octanol–water partition coefficient (Wildman–Crippen LogP) is 3.09. The fourth-order valence-electron chi connectivity index (χ4n) is 3.82. The van der Waals surface area contributed by atoms with E-state index >= 15 is 0 Å². The summed E-state index contributed by atoms with van der Waals surface area (Å²) in [4.78, 5) is 25.4. The van der Waals surface area contributed by atoms with Crippen LogP contribution in [-0.2, 0) is 4.79 Å². The third-order valence-electron chi connectivity index (χ3n) is 5.07. The molecular formula is C18H23N3O3. The molecule has 1 aliphatic carbocycles. The van der Waals surface area contributed by atoms with E-state index in [0.29, 0.717) is 12.1 Å². The standard InChI is InChI=1S/C18H23N3O3/c1-2-20-16(19-18(17(20)22)12-6-3-7-13-18)11-10-14-8-4-5-9-15(14)21(23)24/h4-5,8-11,16,19H,2-3,6-7,12-13H2,1H3/b11-10+. The second-order valence-electron chi connectivity index (χ2n) is 6.50. The maximum Gasteiger partial charge on any atom is 0.276 e. The van der Waals surface area contributed by atoms with Crippen molar-refractivity contribution >= 4 is 17.7 Å². The first kappa shape index (κ1) is 16.6. The Hall–Kier alpha value is -2.21. The Bertz CT molecular complexity index is 665. The van der Waals surface area contributed by atoms with Crippen LogP contribution in [-0.4, -0.2) is 34.0 Å². The van der Waals surface area contributed by atoms with Gasteiger partial charge in [-0.15, -0.1) is 0 Å². The van der Waals surface area contributed by atoms with E-state index in [9.17, 15) is 14.9 Å². The molecule has 1 saturated heterocycles. The monoisotopic (exact) mass is 329 g/mol. The summed E-state index contributed by atoms with van der Waals surface area (Å²) in [6.07, 6.45) is 8.46. The van der Waals surface area contributed by atoms with Crippen molar-refractivity contribution in [1.29, 1.82) is 0 Å². The van der Waals surface area contributed by atoms with Crippen LogP contribution >= 0.6 is 0 Å². The minimum Gasteiger partial charge on any atom is -0.322 e. The van der Waals surface area contributed by atoms with Gasteiger partial charge < -0.3 is 4.90 Å². The van der Waals surface area contributed by atoms with Crippen molar-refractivity contribution in [3.63, 3.8) is 0 Å². The molecule has 6 nitrogen and oxygen atoms in total. The number of carbonyl (C=O) groups excluding carboxylic acids is 1. The lowest BCUT2D eigenvalue weighted by molar-refractivity contribution is -0.385. The van der Waals surface area contributed by atoms with Gasteiger partial charge in [-0.3, -0.25) is 20.2 Å². The second-order valence-corrected chi connectivity index (χ2v) is 6.50. The fourth-order valence-corrected chi connectivity index (χ4v) is 3.82. The number of likely N-dealkylation sites (N-methyl/N-ethyl adjacent to an activating group) is 1. The molecule has 0 radical (unpaired) electrons. The zero-order valence-corrected chi connectivity index (χ0v) is 13.9. The van der Waals surface area contributed by atoms with Crippen LogP contribution in [0, 0.1) is 10.1 Å². The molecule has 2 aliphatic rings. The highest BCUT2D eigenvalue weighted by molar-refractivity contribution is 5.89. The summed E-state index contributed by atoms with van der Waals surface area (Å²) in [6.45, 7) is 2.59. The van der Waals surface area contributed by atoms with Crippen molar-refractivity contribution in [3.05, 3.63) is 46.0 Å². The predicted molar refractivity (Wildman–Crippen MR) is 92.3 cm³/mol. The maximum atomic E-state index is 12.8.